The zero-order valence-corrected chi connectivity index (χ0v) is 13.1. The predicted octanol–water partition coefficient (Wildman–Crippen LogP) is 3.94. The fourth-order valence-corrected chi connectivity index (χ4v) is 2.34. The normalized spacial score (nSPS) is 10.3. The van der Waals surface area contributed by atoms with Crippen molar-refractivity contribution in [2.45, 2.75) is 6.92 Å². The van der Waals surface area contributed by atoms with Gasteiger partial charge in [-0.1, -0.05) is 48.5 Å². The first kappa shape index (κ1) is 15.0. The average Bonchev–Trinajstić information content (AvgIpc) is 2.60. The van der Waals surface area contributed by atoms with E-state index < -0.39 is 0 Å². The van der Waals surface area contributed by atoms with Crippen LogP contribution >= 0.6 is 0 Å². The van der Waals surface area contributed by atoms with Gasteiger partial charge in [0.25, 0.3) is 0 Å². The first-order chi connectivity index (χ1) is 11.3. The molecule has 0 aliphatic carbocycles. The van der Waals surface area contributed by atoms with Crippen LogP contribution < -0.4 is 10.1 Å². The van der Waals surface area contributed by atoms with Crippen LogP contribution in [-0.2, 0) is 0 Å². The lowest BCUT2D eigenvalue weighted by Crippen LogP contribution is -2.12. The second-order valence-corrected chi connectivity index (χ2v) is 5.18. The molecule has 3 rings (SSSR count). The molecule has 116 valence electrons. The fourth-order valence-electron chi connectivity index (χ4n) is 2.34. The third kappa shape index (κ3) is 4.07. The quantitative estimate of drug-likeness (QED) is 0.701. The zero-order chi connectivity index (χ0) is 15.9. The summed E-state index contributed by atoms with van der Waals surface area (Å²) in [6.07, 6.45) is 1.56. The highest BCUT2D eigenvalue weighted by molar-refractivity contribution is 5.70. The van der Waals surface area contributed by atoms with E-state index in [1.54, 1.807) is 6.33 Å². The van der Waals surface area contributed by atoms with E-state index >= 15 is 0 Å². The summed E-state index contributed by atoms with van der Waals surface area (Å²) in [6, 6.07) is 20.3. The lowest BCUT2D eigenvalue weighted by atomic mass is 10.1. The van der Waals surface area contributed by atoms with Crippen LogP contribution in [0.15, 0.2) is 67.0 Å². The minimum absolute atomic E-state index is 0.562. The monoisotopic (exact) mass is 305 g/mol. The minimum atomic E-state index is 0.562. The van der Waals surface area contributed by atoms with Gasteiger partial charge in [-0.05, 0) is 18.6 Å². The van der Waals surface area contributed by atoms with E-state index in [1.807, 2.05) is 49.4 Å². The Bertz CT molecular complexity index is 759. The maximum atomic E-state index is 5.94. The Morgan fingerprint density at radius 1 is 0.957 bits per heavy atom. The van der Waals surface area contributed by atoms with Gasteiger partial charge in [-0.25, -0.2) is 9.97 Å². The smallest absolute Gasteiger partial charge is 0.129 e. The second kappa shape index (κ2) is 7.40. The van der Waals surface area contributed by atoms with Crippen LogP contribution in [-0.4, -0.2) is 23.1 Å². The SMILES string of the molecule is Cc1cc(NCCOc2ccccc2-c2ccccc2)ncn1. The van der Waals surface area contributed by atoms with E-state index in [0.717, 1.165) is 28.4 Å². The number of benzene rings is 2. The van der Waals surface area contributed by atoms with Crippen molar-refractivity contribution < 1.29 is 4.74 Å². The maximum Gasteiger partial charge on any atom is 0.129 e. The number of nitrogens with zero attached hydrogens (tertiary/aromatic N) is 2. The van der Waals surface area contributed by atoms with Crippen molar-refractivity contribution in [1.29, 1.82) is 0 Å². The molecule has 23 heavy (non-hydrogen) atoms. The number of anilines is 1. The topological polar surface area (TPSA) is 47.0 Å². The van der Waals surface area contributed by atoms with Crippen molar-refractivity contribution in [3.05, 3.63) is 72.7 Å². The molecule has 1 heterocycles. The number of hydrogen-bond acceptors (Lipinski definition) is 4. The minimum Gasteiger partial charge on any atom is -0.491 e. The van der Waals surface area contributed by atoms with Gasteiger partial charge in [-0.3, -0.25) is 0 Å². The molecule has 0 atom stereocenters. The fraction of sp³-hybridized carbons (Fsp3) is 0.158. The molecule has 0 unspecified atom stereocenters. The molecule has 3 aromatic rings. The number of aryl methyl sites for hydroxylation is 1. The summed E-state index contributed by atoms with van der Waals surface area (Å²) in [7, 11) is 0. The van der Waals surface area contributed by atoms with Gasteiger partial charge in [0.15, 0.2) is 0 Å². The molecule has 4 nitrogen and oxygen atoms in total. The summed E-state index contributed by atoms with van der Waals surface area (Å²) in [6.45, 7) is 3.19. The summed E-state index contributed by atoms with van der Waals surface area (Å²) < 4.78 is 5.94. The van der Waals surface area contributed by atoms with Crippen molar-refractivity contribution in [3.63, 3.8) is 0 Å². The van der Waals surface area contributed by atoms with Crippen molar-refractivity contribution in [3.8, 4) is 16.9 Å². The summed E-state index contributed by atoms with van der Waals surface area (Å²) in [5.41, 5.74) is 3.20. The molecule has 0 spiro atoms. The number of rotatable bonds is 6. The van der Waals surface area contributed by atoms with E-state index in [2.05, 4.69) is 33.5 Å². The van der Waals surface area contributed by atoms with Gasteiger partial charge >= 0.3 is 0 Å². The van der Waals surface area contributed by atoms with Crippen LogP contribution in [0.4, 0.5) is 5.82 Å². The Balaban J connectivity index is 1.61. The summed E-state index contributed by atoms with van der Waals surface area (Å²) in [5.74, 6) is 1.71. The first-order valence-corrected chi connectivity index (χ1v) is 7.63. The van der Waals surface area contributed by atoms with Crippen LogP contribution in [0, 0.1) is 6.92 Å². The Hall–Kier alpha value is -2.88. The van der Waals surface area contributed by atoms with Crippen molar-refractivity contribution in [1.82, 2.24) is 9.97 Å². The van der Waals surface area contributed by atoms with Crippen molar-refractivity contribution >= 4 is 5.82 Å². The van der Waals surface area contributed by atoms with Crippen LogP contribution in [0.2, 0.25) is 0 Å². The maximum absolute atomic E-state index is 5.94. The number of hydrogen-bond donors (Lipinski definition) is 1. The van der Waals surface area contributed by atoms with Gasteiger partial charge in [0, 0.05) is 17.3 Å². The molecule has 2 aromatic carbocycles. The van der Waals surface area contributed by atoms with E-state index in [4.69, 9.17) is 4.74 Å². The summed E-state index contributed by atoms with van der Waals surface area (Å²) in [5, 5.41) is 3.24. The average molecular weight is 305 g/mol. The molecule has 0 radical (unpaired) electrons. The summed E-state index contributed by atoms with van der Waals surface area (Å²) >= 11 is 0. The highest BCUT2D eigenvalue weighted by atomic mass is 16.5. The second-order valence-electron chi connectivity index (χ2n) is 5.18. The zero-order valence-electron chi connectivity index (χ0n) is 13.1. The van der Waals surface area contributed by atoms with Gasteiger partial charge in [0.1, 0.15) is 24.5 Å². The third-order valence-corrected chi connectivity index (χ3v) is 3.44. The molecular weight excluding hydrogens is 286 g/mol. The van der Waals surface area contributed by atoms with Gasteiger partial charge in [-0.15, -0.1) is 0 Å². The van der Waals surface area contributed by atoms with E-state index in [1.165, 1.54) is 0 Å². The molecule has 0 saturated heterocycles. The number of para-hydroxylation sites is 1. The molecule has 1 aromatic heterocycles. The highest BCUT2D eigenvalue weighted by Crippen LogP contribution is 2.29. The molecule has 0 bridgehead atoms. The Morgan fingerprint density at radius 3 is 2.57 bits per heavy atom. The molecule has 0 aliphatic rings. The van der Waals surface area contributed by atoms with Gasteiger partial charge in [0.05, 0.1) is 6.54 Å². The Morgan fingerprint density at radius 2 is 1.74 bits per heavy atom. The number of ether oxygens (including phenoxy) is 1. The van der Waals surface area contributed by atoms with E-state index in [-0.39, 0.29) is 0 Å². The molecule has 4 heteroatoms. The molecule has 0 aliphatic heterocycles. The number of nitrogens with one attached hydrogen (secondary N) is 1. The van der Waals surface area contributed by atoms with Crippen LogP contribution in [0.5, 0.6) is 5.75 Å². The van der Waals surface area contributed by atoms with Crippen LogP contribution in [0.1, 0.15) is 5.69 Å². The Kier molecular flexibility index (Phi) is 4.84. The molecular formula is C19H19N3O. The van der Waals surface area contributed by atoms with Crippen molar-refractivity contribution in [2.24, 2.45) is 0 Å². The molecule has 1 N–H and O–H groups in total. The highest BCUT2D eigenvalue weighted by Gasteiger charge is 2.05. The van der Waals surface area contributed by atoms with E-state index in [0.29, 0.717) is 13.2 Å². The van der Waals surface area contributed by atoms with E-state index in [9.17, 15) is 0 Å². The standard InChI is InChI=1S/C19H19N3O/c1-15-13-19(22-14-21-15)20-11-12-23-18-10-6-5-9-17(18)16-7-3-2-4-8-16/h2-10,13-14H,11-12H2,1H3,(H,20,21,22). The van der Waals surface area contributed by atoms with Crippen molar-refractivity contribution in [2.75, 3.05) is 18.5 Å². The predicted molar refractivity (Wildman–Crippen MR) is 92.6 cm³/mol. The lowest BCUT2D eigenvalue weighted by molar-refractivity contribution is 0.334. The largest absolute Gasteiger partial charge is 0.491 e. The first-order valence-electron chi connectivity index (χ1n) is 7.63. The van der Waals surface area contributed by atoms with Gasteiger partial charge in [-0.2, -0.15) is 0 Å². The molecule has 0 saturated carbocycles. The van der Waals surface area contributed by atoms with Crippen LogP contribution in [0.25, 0.3) is 11.1 Å². The molecule has 0 fully saturated rings. The number of aromatic nitrogens is 2. The van der Waals surface area contributed by atoms with Gasteiger partial charge in [0.2, 0.25) is 0 Å². The Labute approximate surface area is 136 Å². The van der Waals surface area contributed by atoms with Gasteiger partial charge < -0.3 is 10.1 Å². The third-order valence-electron chi connectivity index (χ3n) is 3.44. The lowest BCUT2D eigenvalue weighted by Gasteiger charge is -2.12. The summed E-state index contributed by atoms with van der Waals surface area (Å²) in [4.78, 5) is 8.25. The van der Waals surface area contributed by atoms with Crippen LogP contribution in [0.3, 0.4) is 0 Å². The molecule has 0 amide bonds.